The van der Waals surface area contributed by atoms with Gasteiger partial charge < -0.3 is 4.74 Å². The summed E-state index contributed by atoms with van der Waals surface area (Å²) in [6.45, 7) is 6.04. The molecule has 2 aliphatic rings. The van der Waals surface area contributed by atoms with Crippen LogP contribution < -0.4 is 4.74 Å². The van der Waals surface area contributed by atoms with E-state index in [0.717, 1.165) is 37.5 Å². The van der Waals surface area contributed by atoms with Crippen molar-refractivity contribution in [3.05, 3.63) is 42.0 Å². The maximum atomic E-state index is 14.4. The van der Waals surface area contributed by atoms with Gasteiger partial charge in [0.25, 0.3) is 0 Å². The van der Waals surface area contributed by atoms with Crippen LogP contribution in [0.2, 0.25) is 0 Å². The van der Waals surface area contributed by atoms with Gasteiger partial charge in [-0.15, -0.1) is 6.58 Å². The Morgan fingerprint density at radius 1 is 0.960 bits per heavy atom. The Morgan fingerprint density at radius 3 is 2.12 bits per heavy atom. The van der Waals surface area contributed by atoms with E-state index in [1.54, 1.807) is 19.1 Å². The molecular weight excluding hydrogens is 318 g/mol. The van der Waals surface area contributed by atoms with Crippen molar-refractivity contribution in [2.45, 2.75) is 64.2 Å². The lowest BCUT2D eigenvalue weighted by atomic mass is 9.68. The van der Waals surface area contributed by atoms with Crippen molar-refractivity contribution in [3.63, 3.8) is 0 Å². The molecule has 3 rings (SSSR count). The van der Waals surface area contributed by atoms with Gasteiger partial charge in [-0.05, 0) is 93.6 Å². The Kier molecular flexibility index (Phi) is 6.14. The maximum Gasteiger partial charge on any atom is 0.200 e. The third-order valence-corrected chi connectivity index (χ3v) is 6.40. The third-order valence-electron chi connectivity index (χ3n) is 6.40. The molecule has 0 atom stereocenters. The zero-order chi connectivity index (χ0) is 17.8. The predicted molar refractivity (Wildman–Crippen MR) is 97.9 cm³/mol. The Bertz CT molecular complexity index is 582. The molecule has 1 aromatic rings. The van der Waals surface area contributed by atoms with Gasteiger partial charge in [-0.3, -0.25) is 0 Å². The van der Waals surface area contributed by atoms with Crippen molar-refractivity contribution < 1.29 is 13.5 Å². The van der Waals surface area contributed by atoms with E-state index in [1.807, 2.05) is 0 Å². The minimum Gasteiger partial charge on any atom is -0.491 e. The van der Waals surface area contributed by atoms with Gasteiger partial charge in [-0.1, -0.05) is 12.1 Å². The molecule has 1 aromatic carbocycles. The van der Waals surface area contributed by atoms with Crippen molar-refractivity contribution in [2.24, 2.45) is 17.8 Å². The van der Waals surface area contributed by atoms with Crippen molar-refractivity contribution >= 4 is 0 Å². The number of ether oxygens (including phenoxy) is 1. The van der Waals surface area contributed by atoms with Crippen molar-refractivity contribution in [1.82, 2.24) is 0 Å². The van der Waals surface area contributed by atoms with E-state index in [-0.39, 0.29) is 11.7 Å². The van der Waals surface area contributed by atoms with Gasteiger partial charge in [0.2, 0.25) is 5.82 Å². The summed E-state index contributed by atoms with van der Waals surface area (Å²) in [6, 6.07) is 3.31. The molecule has 0 spiro atoms. The number of hydrogen-bond donors (Lipinski definition) is 0. The Morgan fingerprint density at radius 2 is 1.56 bits per heavy atom. The zero-order valence-corrected chi connectivity index (χ0v) is 15.3. The predicted octanol–water partition coefficient (Wildman–Crippen LogP) is 6.63. The zero-order valence-electron chi connectivity index (χ0n) is 15.3. The monoisotopic (exact) mass is 348 g/mol. The first kappa shape index (κ1) is 18.4. The van der Waals surface area contributed by atoms with Gasteiger partial charge >= 0.3 is 0 Å². The summed E-state index contributed by atoms with van der Waals surface area (Å²) in [7, 11) is 0. The summed E-state index contributed by atoms with van der Waals surface area (Å²) in [4.78, 5) is 0. The normalized spacial score (nSPS) is 30.0. The summed E-state index contributed by atoms with van der Waals surface area (Å²) >= 11 is 0. The molecular formula is C22H30F2O. The molecule has 0 unspecified atom stereocenters. The average Bonchev–Trinajstić information content (AvgIpc) is 2.66. The third kappa shape index (κ3) is 4.07. The van der Waals surface area contributed by atoms with E-state index >= 15 is 0 Å². The van der Waals surface area contributed by atoms with Crippen molar-refractivity contribution in [2.75, 3.05) is 6.61 Å². The second-order valence-corrected chi connectivity index (χ2v) is 7.74. The summed E-state index contributed by atoms with van der Waals surface area (Å²) < 4.78 is 33.7. The standard InChI is InChI=1S/C22H30F2O/c1-3-15-5-7-16(8-6-15)17-9-11-18(12-10-17)19-13-14-20(25-4-2)22(24)21(19)23/h3,13-18H,1,4-12H2,2H3/t15-,16-,17-,18-. The van der Waals surface area contributed by atoms with E-state index < -0.39 is 11.6 Å². The fraction of sp³-hybridized carbons (Fsp3) is 0.636. The van der Waals surface area contributed by atoms with Gasteiger partial charge in [-0.2, -0.15) is 4.39 Å². The topological polar surface area (TPSA) is 9.23 Å². The molecule has 3 heteroatoms. The molecule has 2 aliphatic carbocycles. The fourth-order valence-corrected chi connectivity index (χ4v) is 4.88. The first-order valence-electron chi connectivity index (χ1n) is 9.87. The van der Waals surface area contributed by atoms with Crippen LogP contribution in [-0.2, 0) is 0 Å². The van der Waals surface area contributed by atoms with Gasteiger partial charge in [0.15, 0.2) is 11.6 Å². The minimum absolute atomic E-state index is 0.0245. The van der Waals surface area contributed by atoms with Crippen LogP contribution >= 0.6 is 0 Å². The van der Waals surface area contributed by atoms with Crippen LogP contribution in [0.5, 0.6) is 5.75 Å². The summed E-state index contributed by atoms with van der Waals surface area (Å²) in [5, 5.41) is 0. The minimum atomic E-state index is -0.829. The molecule has 0 N–H and O–H groups in total. The van der Waals surface area contributed by atoms with Gasteiger partial charge in [0.1, 0.15) is 0 Å². The first-order chi connectivity index (χ1) is 12.1. The first-order valence-corrected chi connectivity index (χ1v) is 9.87. The Hall–Kier alpha value is -1.38. The SMILES string of the molecule is C=C[C@H]1CC[C@H]([C@H]2CC[C@H](c3ccc(OCC)c(F)c3F)CC2)CC1. The van der Waals surface area contributed by atoms with Crippen LogP contribution in [0, 0.1) is 29.4 Å². The van der Waals surface area contributed by atoms with Crippen LogP contribution in [0.1, 0.15) is 69.8 Å². The van der Waals surface area contributed by atoms with E-state index in [1.165, 1.54) is 25.7 Å². The fourth-order valence-electron chi connectivity index (χ4n) is 4.88. The lowest BCUT2D eigenvalue weighted by Gasteiger charge is -2.37. The Labute approximate surface area is 150 Å². The molecule has 0 amide bonds. The summed E-state index contributed by atoms with van der Waals surface area (Å²) in [6.07, 6.45) is 11.5. The second kappa shape index (κ2) is 8.33. The average molecular weight is 348 g/mol. The highest BCUT2D eigenvalue weighted by molar-refractivity contribution is 5.33. The van der Waals surface area contributed by atoms with Gasteiger partial charge in [-0.25, -0.2) is 4.39 Å². The quantitative estimate of drug-likeness (QED) is 0.543. The van der Waals surface area contributed by atoms with Crippen LogP contribution in [0.4, 0.5) is 8.78 Å². The molecule has 0 saturated heterocycles. The molecule has 0 aliphatic heterocycles. The lowest BCUT2D eigenvalue weighted by molar-refractivity contribution is 0.170. The largest absolute Gasteiger partial charge is 0.491 e. The molecule has 0 bridgehead atoms. The van der Waals surface area contributed by atoms with Crippen LogP contribution in [0.15, 0.2) is 24.8 Å². The smallest absolute Gasteiger partial charge is 0.200 e. The molecule has 1 nitrogen and oxygen atoms in total. The van der Waals surface area contributed by atoms with E-state index in [4.69, 9.17) is 4.74 Å². The van der Waals surface area contributed by atoms with Crippen molar-refractivity contribution in [1.29, 1.82) is 0 Å². The Balaban J connectivity index is 1.59. The van der Waals surface area contributed by atoms with Crippen LogP contribution in [-0.4, -0.2) is 6.61 Å². The summed E-state index contributed by atoms with van der Waals surface area (Å²) in [5.74, 6) is 0.915. The highest BCUT2D eigenvalue weighted by Crippen LogP contribution is 2.44. The molecule has 138 valence electrons. The molecule has 2 saturated carbocycles. The number of halogens is 2. The second-order valence-electron chi connectivity index (χ2n) is 7.74. The van der Waals surface area contributed by atoms with E-state index in [9.17, 15) is 8.78 Å². The maximum absolute atomic E-state index is 14.4. The molecule has 0 aromatic heterocycles. The lowest BCUT2D eigenvalue weighted by Crippen LogP contribution is -2.25. The molecule has 0 heterocycles. The summed E-state index contributed by atoms with van der Waals surface area (Å²) in [5.41, 5.74) is 0.537. The molecule has 2 fully saturated rings. The van der Waals surface area contributed by atoms with Crippen molar-refractivity contribution in [3.8, 4) is 5.75 Å². The molecule has 0 radical (unpaired) electrons. The van der Waals surface area contributed by atoms with Gasteiger partial charge in [0.05, 0.1) is 6.61 Å². The highest BCUT2D eigenvalue weighted by atomic mass is 19.2. The van der Waals surface area contributed by atoms with Crippen LogP contribution in [0.25, 0.3) is 0 Å². The highest BCUT2D eigenvalue weighted by Gasteiger charge is 2.32. The van der Waals surface area contributed by atoms with E-state index in [2.05, 4.69) is 12.7 Å². The number of hydrogen-bond acceptors (Lipinski definition) is 1. The van der Waals surface area contributed by atoms with Gasteiger partial charge in [0, 0.05) is 0 Å². The number of allylic oxidation sites excluding steroid dienone is 1. The molecule has 25 heavy (non-hydrogen) atoms. The number of rotatable bonds is 5. The van der Waals surface area contributed by atoms with E-state index in [0.29, 0.717) is 18.1 Å². The van der Waals surface area contributed by atoms with Crippen LogP contribution in [0.3, 0.4) is 0 Å². The number of benzene rings is 1.